The van der Waals surface area contributed by atoms with Crippen LogP contribution in [0.4, 0.5) is 0 Å². The Morgan fingerprint density at radius 1 is 0.633 bits per heavy atom. The monoisotopic (exact) mass is 445 g/mol. The predicted molar refractivity (Wildman–Crippen MR) is 115 cm³/mol. The highest BCUT2D eigenvalue weighted by Gasteiger charge is 2.25. The maximum Gasteiger partial charge on any atom is 0.297 e. The second-order valence-corrected chi connectivity index (χ2v) is 10.1. The average Bonchev–Trinajstić information content (AvgIpc) is 2.78. The Morgan fingerprint density at radius 3 is 1.70 bits per heavy atom. The Kier molecular flexibility index (Phi) is 7.38. The van der Waals surface area contributed by atoms with Crippen molar-refractivity contribution in [3.63, 3.8) is 0 Å². The van der Waals surface area contributed by atoms with E-state index in [1.165, 1.54) is 28.6 Å². The fourth-order valence-corrected chi connectivity index (χ4v) is 5.26. The van der Waals surface area contributed by atoms with Gasteiger partial charge in [0, 0.05) is 13.1 Å². The van der Waals surface area contributed by atoms with E-state index in [2.05, 4.69) is 0 Å². The topological polar surface area (TPSA) is 80.8 Å². The zero-order valence-corrected chi connectivity index (χ0v) is 17.9. The van der Waals surface area contributed by atoms with Gasteiger partial charge >= 0.3 is 0 Å². The molecule has 3 rings (SSSR count). The van der Waals surface area contributed by atoms with E-state index in [-0.39, 0.29) is 29.5 Å². The molecule has 3 aromatic carbocycles. The standard InChI is InChI=1S/C22H23NO5S2/c24-29(25,21-12-6-2-7-13-21)23(17-16-20-10-4-1-5-11-20)18-19-28-30(26,27)22-14-8-3-9-15-22/h1-15H,16-19H2. The van der Waals surface area contributed by atoms with Crippen LogP contribution in [0.1, 0.15) is 5.56 Å². The van der Waals surface area contributed by atoms with Gasteiger partial charge in [-0.1, -0.05) is 66.7 Å². The van der Waals surface area contributed by atoms with Gasteiger partial charge in [-0.05, 0) is 36.2 Å². The second kappa shape index (κ2) is 9.99. The molecule has 0 aliphatic carbocycles. The van der Waals surface area contributed by atoms with Crippen LogP contribution in [0.2, 0.25) is 0 Å². The summed E-state index contributed by atoms with van der Waals surface area (Å²) in [6.07, 6.45) is 0.498. The van der Waals surface area contributed by atoms with Crippen LogP contribution >= 0.6 is 0 Å². The lowest BCUT2D eigenvalue weighted by atomic mass is 10.1. The second-order valence-electron chi connectivity index (χ2n) is 6.54. The predicted octanol–water partition coefficient (Wildman–Crippen LogP) is 3.33. The molecule has 158 valence electrons. The molecular weight excluding hydrogens is 422 g/mol. The maximum atomic E-state index is 13.1. The summed E-state index contributed by atoms with van der Waals surface area (Å²) in [6.45, 7) is -0.163. The van der Waals surface area contributed by atoms with Crippen molar-refractivity contribution in [2.75, 3.05) is 19.7 Å². The number of sulfonamides is 1. The molecule has 30 heavy (non-hydrogen) atoms. The van der Waals surface area contributed by atoms with Gasteiger partial charge in [-0.15, -0.1) is 0 Å². The number of nitrogens with zero attached hydrogens (tertiary/aromatic N) is 1. The highest BCUT2D eigenvalue weighted by Crippen LogP contribution is 2.17. The van der Waals surface area contributed by atoms with Crippen molar-refractivity contribution in [2.45, 2.75) is 16.2 Å². The molecule has 6 nitrogen and oxygen atoms in total. The summed E-state index contributed by atoms with van der Waals surface area (Å²) in [6, 6.07) is 25.4. The van der Waals surface area contributed by atoms with Crippen LogP contribution in [0, 0.1) is 0 Å². The van der Waals surface area contributed by atoms with Gasteiger partial charge in [0.15, 0.2) is 0 Å². The first kappa shape index (κ1) is 22.2. The summed E-state index contributed by atoms with van der Waals surface area (Å²) in [5, 5.41) is 0. The van der Waals surface area contributed by atoms with Crippen molar-refractivity contribution in [3.8, 4) is 0 Å². The molecule has 0 saturated carbocycles. The zero-order valence-electron chi connectivity index (χ0n) is 16.3. The van der Waals surface area contributed by atoms with Gasteiger partial charge in [0.05, 0.1) is 16.4 Å². The van der Waals surface area contributed by atoms with Gasteiger partial charge in [0.25, 0.3) is 10.1 Å². The summed E-state index contributed by atoms with van der Waals surface area (Å²) in [7, 11) is -7.75. The van der Waals surface area contributed by atoms with E-state index >= 15 is 0 Å². The number of hydrogen-bond acceptors (Lipinski definition) is 5. The largest absolute Gasteiger partial charge is 0.297 e. The summed E-state index contributed by atoms with van der Waals surface area (Å²) in [5.74, 6) is 0. The van der Waals surface area contributed by atoms with E-state index in [0.29, 0.717) is 6.42 Å². The first-order valence-corrected chi connectivity index (χ1v) is 12.3. The van der Waals surface area contributed by atoms with Gasteiger partial charge in [-0.3, -0.25) is 4.18 Å². The quantitative estimate of drug-likeness (QED) is 0.447. The highest BCUT2D eigenvalue weighted by atomic mass is 32.2. The van der Waals surface area contributed by atoms with Gasteiger partial charge in [0.1, 0.15) is 0 Å². The smallest absolute Gasteiger partial charge is 0.265 e. The summed E-state index contributed by atoms with van der Waals surface area (Å²) in [5.41, 5.74) is 0.989. The van der Waals surface area contributed by atoms with Crippen molar-refractivity contribution >= 4 is 20.1 Å². The molecule has 0 aromatic heterocycles. The van der Waals surface area contributed by atoms with Crippen LogP contribution in [0.25, 0.3) is 0 Å². The lowest BCUT2D eigenvalue weighted by Crippen LogP contribution is -2.36. The Balaban J connectivity index is 1.74. The highest BCUT2D eigenvalue weighted by molar-refractivity contribution is 7.89. The van der Waals surface area contributed by atoms with Crippen molar-refractivity contribution in [1.29, 1.82) is 0 Å². The van der Waals surface area contributed by atoms with Gasteiger partial charge in [0.2, 0.25) is 10.0 Å². The van der Waals surface area contributed by atoms with Crippen molar-refractivity contribution < 1.29 is 21.0 Å². The molecule has 8 heteroatoms. The van der Waals surface area contributed by atoms with Crippen molar-refractivity contribution in [2.24, 2.45) is 0 Å². The number of rotatable bonds is 10. The van der Waals surface area contributed by atoms with E-state index in [1.807, 2.05) is 30.3 Å². The van der Waals surface area contributed by atoms with Crippen molar-refractivity contribution in [1.82, 2.24) is 4.31 Å². The molecule has 0 amide bonds. The lowest BCUT2D eigenvalue weighted by Gasteiger charge is -2.22. The van der Waals surface area contributed by atoms with Crippen LogP contribution in [0.5, 0.6) is 0 Å². The Hall–Kier alpha value is -2.52. The molecule has 0 bridgehead atoms. The average molecular weight is 446 g/mol. The molecule has 0 N–H and O–H groups in total. The minimum Gasteiger partial charge on any atom is -0.265 e. The molecule has 0 unspecified atom stereocenters. The summed E-state index contributed by atoms with van der Waals surface area (Å²) in [4.78, 5) is 0.190. The number of benzene rings is 3. The third-order valence-electron chi connectivity index (χ3n) is 4.48. The normalized spacial score (nSPS) is 12.2. The lowest BCUT2D eigenvalue weighted by molar-refractivity contribution is 0.276. The van der Waals surface area contributed by atoms with E-state index < -0.39 is 20.1 Å². The first-order chi connectivity index (χ1) is 14.4. The molecule has 0 heterocycles. The molecule has 0 atom stereocenters. The van der Waals surface area contributed by atoms with Crippen LogP contribution in [-0.4, -0.2) is 40.8 Å². The molecule has 0 fully saturated rings. The van der Waals surface area contributed by atoms with Crippen molar-refractivity contribution in [3.05, 3.63) is 96.6 Å². The van der Waals surface area contributed by atoms with E-state index in [1.54, 1.807) is 36.4 Å². The molecule has 0 spiro atoms. The number of hydrogen-bond donors (Lipinski definition) is 0. The van der Waals surface area contributed by atoms with E-state index in [9.17, 15) is 16.8 Å². The molecule has 0 saturated heterocycles. The summed E-state index contributed by atoms with van der Waals surface area (Å²) < 4.78 is 57.2. The SMILES string of the molecule is O=S(=O)(OCCN(CCc1ccccc1)S(=O)(=O)c1ccccc1)c1ccccc1. The van der Waals surface area contributed by atoms with Gasteiger partial charge in [-0.25, -0.2) is 8.42 Å². The molecule has 0 aliphatic rings. The molecule has 0 aliphatic heterocycles. The molecular formula is C22H23NO5S2. The Bertz CT molecular complexity index is 1130. The molecule has 3 aromatic rings. The van der Waals surface area contributed by atoms with Crippen LogP contribution in [0.3, 0.4) is 0 Å². The Morgan fingerprint density at radius 2 is 1.13 bits per heavy atom. The van der Waals surface area contributed by atoms with Crippen LogP contribution in [0.15, 0.2) is 101 Å². The fourth-order valence-electron chi connectivity index (χ4n) is 2.90. The maximum absolute atomic E-state index is 13.1. The summed E-state index contributed by atoms with van der Waals surface area (Å²) >= 11 is 0. The fraction of sp³-hybridized carbons (Fsp3) is 0.182. The minimum atomic E-state index is -3.95. The minimum absolute atomic E-state index is 0.0340. The van der Waals surface area contributed by atoms with E-state index in [0.717, 1.165) is 5.56 Å². The first-order valence-electron chi connectivity index (χ1n) is 9.43. The molecule has 0 radical (unpaired) electrons. The van der Waals surface area contributed by atoms with Crippen LogP contribution < -0.4 is 0 Å². The van der Waals surface area contributed by atoms with Gasteiger partial charge in [-0.2, -0.15) is 12.7 Å². The third kappa shape index (κ3) is 5.76. The Labute approximate surface area is 177 Å². The zero-order chi connectivity index (χ0) is 21.5. The van der Waals surface area contributed by atoms with Crippen LogP contribution in [-0.2, 0) is 30.7 Å². The van der Waals surface area contributed by atoms with Gasteiger partial charge < -0.3 is 0 Å². The van der Waals surface area contributed by atoms with E-state index in [4.69, 9.17) is 4.18 Å². The third-order valence-corrected chi connectivity index (χ3v) is 7.72.